The van der Waals surface area contributed by atoms with E-state index < -0.39 is 30.1 Å². The van der Waals surface area contributed by atoms with Crippen LogP contribution in [0.2, 0.25) is 0 Å². The molecule has 1 saturated heterocycles. The van der Waals surface area contributed by atoms with Crippen molar-refractivity contribution in [3.63, 3.8) is 0 Å². The van der Waals surface area contributed by atoms with E-state index in [0.29, 0.717) is 17.8 Å². The van der Waals surface area contributed by atoms with Gasteiger partial charge in [0.1, 0.15) is 30.2 Å². The van der Waals surface area contributed by atoms with Crippen molar-refractivity contribution in [3.05, 3.63) is 12.7 Å². The van der Waals surface area contributed by atoms with Gasteiger partial charge in [-0.05, 0) is 41.5 Å². The van der Waals surface area contributed by atoms with Crippen LogP contribution in [-0.2, 0) is 14.2 Å². The van der Waals surface area contributed by atoms with E-state index in [1.807, 2.05) is 41.5 Å². The molecular weight excluding hydrogens is 350 g/mol. The zero-order valence-electron chi connectivity index (χ0n) is 16.7. The Bertz CT molecular complexity index is 795. The average molecular weight is 379 g/mol. The Morgan fingerprint density at radius 2 is 1.85 bits per heavy atom. The molecule has 9 heteroatoms. The van der Waals surface area contributed by atoms with Crippen molar-refractivity contribution >= 4 is 17.0 Å². The van der Waals surface area contributed by atoms with E-state index in [0.717, 1.165) is 0 Å². The summed E-state index contributed by atoms with van der Waals surface area (Å²) in [5.41, 5.74) is 6.05. The van der Waals surface area contributed by atoms with E-state index in [9.17, 15) is 5.11 Å². The van der Waals surface area contributed by atoms with Crippen LogP contribution in [0.1, 0.15) is 47.8 Å². The third-order valence-electron chi connectivity index (χ3n) is 4.14. The first-order valence-electron chi connectivity index (χ1n) is 9.04. The third-order valence-corrected chi connectivity index (χ3v) is 4.14. The van der Waals surface area contributed by atoms with Gasteiger partial charge in [-0.25, -0.2) is 15.0 Å². The monoisotopic (exact) mass is 379 g/mol. The van der Waals surface area contributed by atoms with Crippen LogP contribution in [0.15, 0.2) is 12.7 Å². The minimum absolute atomic E-state index is 0.279. The number of fused-ring (bicyclic) bond motifs is 1. The van der Waals surface area contributed by atoms with Gasteiger partial charge < -0.3 is 25.1 Å². The number of ether oxygens (including phenoxy) is 3. The molecule has 0 saturated carbocycles. The molecule has 0 bridgehead atoms. The third kappa shape index (κ3) is 4.37. The van der Waals surface area contributed by atoms with E-state index in [1.54, 1.807) is 10.9 Å². The Morgan fingerprint density at radius 3 is 2.48 bits per heavy atom. The van der Waals surface area contributed by atoms with Crippen molar-refractivity contribution < 1.29 is 19.3 Å². The lowest BCUT2D eigenvalue weighted by Gasteiger charge is -2.30. The summed E-state index contributed by atoms with van der Waals surface area (Å²) in [6.45, 7) is 12.0. The van der Waals surface area contributed by atoms with E-state index >= 15 is 0 Å². The molecule has 0 amide bonds. The Kier molecular flexibility index (Phi) is 5.15. The molecule has 0 aliphatic carbocycles. The standard InChI is InChI=1S/C18H29N5O4/c1-17(2,3)25-7-10-13(27-18(4,5)6)12(24)16(26-10)23-9-22-11-14(19)20-8-21-15(11)23/h8-10,12-13,16,24H,7H2,1-6H3,(H2,19,20,21)/t10-,12+,13-,16-/m1/s1. The van der Waals surface area contributed by atoms with Gasteiger partial charge in [0, 0.05) is 0 Å². The molecule has 3 N–H and O–H groups in total. The number of hydrogen-bond donors (Lipinski definition) is 2. The van der Waals surface area contributed by atoms with E-state index in [-0.39, 0.29) is 11.4 Å². The minimum atomic E-state index is -0.925. The highest BCUT2D eigenvalue weighted by Crippen LogP contribution is 2.36. The molecule has 2 aromatic heterocycles. The summed E-state index contributed by atoms with van der Waals surface area (Å²) in [5, 5.41) is 11.0. The summed E-state index contributed by atoms with van der Waals surface area (Å²) in [4.78, 5) is 12.4. The normalized spacial score (nSPS) is 26.8. The second-order valence-corrected chi connectivity index (χ2v) is 8.76. The highest BCUT2D eigenvalue weighted by atomic mass is 16.6. The summed E-state index contributed by atoms with van der Waals surface area (Å²) in [6, 6.07) is 0. The van der Waals surface area contributed by atoms with Crippen molar-refractivity contribution in [3.8, 4) is 0 Å². The molecule has 27 heavy (non-hydrogen) atoms. The maximum Gasteiger partial charge on any atom is 0.167 e. The van der Waals surface area contributed by atoms with Crippen molar-refractivity contribution in [2.24, 2.45) is 0 Å². The van der Waals surface area contributed by atoms with Gasteiger partial charge in [-0.1, -0.05) is 0 Å². The smallest absolute Gasteiger partial charge is 0.167 e. The molecule has 1 aliphatic rings. The second-order valence-electron chi connectivity index (χ2n) is 8.76. The Morgan fingerprint density at radius 1 is 1.15 bits per heavy atom. The topological polar surface area (TPSA) is 118 Å². The average Bonchev–Trinajstić information content (AvgIpc) is 3.07. The van der Waals surface area contributed by atoms with Crippen LogP contribution < -0.4 is 5.73 Å². The van der Waals surface area contributed by atoms with Gasteiger partial charge in [0.2, 0.25) is 0 Å². The number of nitrogens with zero attached hydrogens (tertiary/aromatic N) is 4. The predicted molar refractivity (Wildman–Crippen MR) is 100.0 cm³/mol. The molecular formula is C18H29N5O4. The molecule has 1 aliphatic heterocycles. The summed E-state index contributed by atoms with van der Waals surface area (Å²) in [7, 11) is 0. The fourth-order valence-electron chi connectivity index (χ4n) is 3.03. The molecule has 0 unspecified atom stereocenters. The maximum absolute atomic E-state index is 11.0. The van der Waals surface area contributed by atoms with Gasteiger partial charge >= 0.3 is 0 Å². The molecule has 0 radical (unpaired) electrons. The molecule has 3 rings (SSSR count). The number of aliphatic hydroxyl groups excluding tert-OH is 1. The van der Waals surface area contributed by atoms with Crippen LogP contribution in [0.25, 0.3) is 11.2 Å². The first-order valence-corrected chi connectivity index (χ1v) is 9.04. The van der Waals surface area contributed by atoms with Gasteiger partial charge in [-0.3, -0.25) is 4.57 Å². The first kappa shape index (κ1) is 19.9. The number of hydrogen-bond acceptors (Lipinski definition) is 8. The van der Waals surface area contributed by atoms with Crippen LogP contribution >= 0.6 is 0 Å². The lowest BCUT2D eigenvalue weighted by atomic mass is 10.1. The Balaban J connectivity index is 1.90. The first-order chi connectivity index (χ1) is 12.5. The van der Waals surface area contributed by atoms with Gasteiger partial charge in [0.15, 0.2) is 17.7 Å². The van der Waals surface area contributed by atoms with Crippen molar-refractivity contribution in [2.75, 3.05) is 12.3 Å². The number of rotatable bonds is 4. The van der Waals surface area contributed by atoms with Crippen LogP contribution in [0.5, 0.6) is 0 Å². The van der Waals surface area contributed by atoms with Crippen LogP contribution in [-0.4, -0.2) is 60.7 Å². The van der Waals surface area contributed by atoms with Gasteiger partial charge in [-0.2, -0.15) is 0 Å². The fourth-order valence-corrected chi connectivity index (χ4v) is 3.03. The van der Waals surface area contributed by atoms with Gasteiger partial charge in [0.05, 0.1) is 24.1 Å². The van der Waals surface area contributed by atoms with E-state index in [4.69, 9.17) is 19.9 Å². The molecule has 3 heterocycles. The van der Waals surface area contributed by atoms with Crippen molar-refractivity contribution in [1.29, 1.82) is 0 Å². The highest BCUT2D eigenvalue weighted by molar-refractivity contribution is 5.81. The van der Waals surface area contributed by atoms with Crippen molar-refractivity contribution in [1.82, 2.24) is 19.5 Å². The number of aliphatic hydroxyl groups is 1. The predicted octanol–water partition coefficient (Wildman–Crippen LogP) is 1.67. The highest BCUT2D eigenvalue weighted by Gasteiger charge is 2.48. The molecule has 0 aromatic carbocycles. The van der Waals surface area contributed by atoms with Gasteiger partial charge in [0.25, 0.3) is 0 Å². The zero-order valence-corrected chi connectivity index (χ0v) is 16.7. The molecule has 4 atom stereocenters. The minimum Gasteiger partial charge on any atom is -0.386 e. The molecule has 2 aromatic rings. The number of aromatic nitrogens is 4. The summed E-state index contributed by atoms with van der Waals surface area (Å²) in [6.07, 6.45) is 0.260. The molecule has 9 nitrogen and oxygen atoms in total. The lowest BCUT2D eigenvalue weighted by molar-refractivity contribution is -0.138. The van der Waals surface area contributed by atoms with Crippen LogP contribution in [0.3, 0.4) is 0 Å². The number of anilines is 1. The van der Waals surface area contributed by atoms with Crippen LogP contribution in [0, 0.1) is 0 Å². The molecule has 150 valence electrons. The largest absolute Gasteiger partial charge is 0.386 e. The number of imidazole rings is 1. The zero-order chi connectivity index (χ0) is 20.0. The summed E-state index contributed by atoms with van der Waals surface area (Å²) in [5.74, 6) is 0.279. The quantitative estimate of drug-likeness (QED) is 0.824. The number of nitrogen functional groups attached to an aromatic ring is 1. The van der Waals surface area contributed by atoms with Gasteiger partial charge in [-0.15, -0.1) is 0 Å². The van der Waals surface area contributed by atoms with E-state index in [2.05, 4.69) is 15.0 Å². The van der Waals surface area contributed by atoms with Crippen molar-refractivity contribution in [2.45, 2.75) is 77.3 Å². The summed E-state index contributed by atoms with van der Waals surface area (Å²) >= 11 is 0. The fraction of sp³-hybridized carbons (Fsp3) is 0.722. The van der Waals surface area contributed by atoms with E-state index in [1.165, 1.54) is 6.33 Å². The number of nitrogens with two attached hydrogens (primary N) is 1. The summed E-state index contributed by atoms with van der Waals surface area (Å²) < 4.78 is 19.8. The lowest BCUT2D eigenvalue weighted by Crippen LogP contribution is -2.42. The molecule has 1 fully saturated rings. The Labute approximate surface area is 158 Å². The Hall–Kier alpha value is -1.81. The maximum atomic E-state index is 11.0. The van der Waals surface area contributed by atoms with Crippen LogP contribution in [0.4, 0.5) is 5.82 Å². The SMILES string of the molecule is CC(C)(C)OC[C@H]1O[C@@H](n2cnc3c(N)ncnc32)[C@@H](O)[C@@H]1OC(C)(C)C. The molecule has 0 spiro atoms. The second kappa shape index (κ2) is 6.97.